The molecule has 1 aliphatic rings. The lowest BCUT2D eigenvalue weighted by Gasteiger charge is -2.21. The number of thiocarbonyl (C=S) groups is 1. The fraction of sp³-hybridized carbons (Fsp3) is 0.517. The smallest absolute Gasteiger partial charge is 0.216 e. The summed E-state index contributed by atoms with van der Waals surface area (Å²) in [5.41, 5.74) is 1.51. The van der Waals surface area contributed by atoms with Gasteiger partial charge in [0.1, 0.15) is 5.75 Å². The third-order valence-corrected chi connectivity index (χ3v) is 4.91. The van der Waals surface area contributed by atoms with Crippen LogP contribution >= 0.6 is 24.8 Å². The molecule has 0 aliphatic heterocycles. The van der Waals surface area contributed by atoms with Gasteiger partial charge in [-0.25, -0.2) is 0 Å². The van der Waals surface area contributed by atoms with Crippen molar-refractivity contribution in [3.05, 3.63) is 65.7 Å². The molecule has 0 bridgehead atoms. The number of rotatable bonds is 4. The molecule has 34 heavy (non-hydrogen) atoms. The van der Waals surface area contributed by atoms with E-state index in [9.17, 15) is 9.90 Å². The number of carbonyl (C=O) groups is 1. The van der Waals surface area contributed by atoms with Gasteiger partial charge in [-0.05, 0) is 67.1 Å². The van der Waals surface area contributed by atoms with Gasteiger partial charge >= 0.3 is 0 Å². The van der Waals surface area contributed by atoms with Crippen molar-refractivity contribution in [2.24, 2.45) is 17.8 Å². The molecule has 1 aliphatic carbocycles. The van der Waals surface area contributed by atoms with Crippen molar-refractivity contribution in [3.8, 4) is 5.75 Å². The van der Waals surface area contributed by atoms with Gasteiger partial charge in [0.15, 0.2) is 5.05 Å². The molecule has 2 aromatic carbocycles. The van der Waals surface area contributed by atoms with Crippen LogP contribution in [-0.2, 0) is 4.74 Å². The van der Waals surface area contributed by atoms with Crippen molar-refractivity contribution in [3.63, 3.8) is 0 Å². The summed E-state index contributed by atoms with van der Waals surface area (Å²) >= 11 is 8.88. The van der Waals surface area contributed by atoms with Crippen LogP contribution in [0.3, 0.4) is 0 Å². The first-order valence-electron chi connectivity index (χ1n) is 12.3. The molecule has 0 unspecified atom stereocenters. The van der Waals surface area contributed by atoms with Crippen LogP contribution in [0.4, 0.5) is 0 Å². The summed E-state index contributed by atoms with van der Waals surface area (Å²) in [6.45, 7) is 13.7. The van der Waals surface area contributed by atoms with Gasteiger partial charge in [-0.3, -0.25) is 4.79 Å². The molecule has 0 amide bonds. The zero-order valence-electron chi connectivity index (χ0n) is 21.8. The molecule has 0 spiro atoms. The van der Waals surface area contributed by atoms with E-state index in [-0.39, 0.29) is 10.9 Å². The van der Waals surface area contributed by atoms with E-state index >= 15 is 0 Å². The topological polar surface area (TPSA) is 46.5 Å². The number of hydrogen-bond donors (Lipinski definition) is 2. The number of phenols is 1. The molecular weight excluding hydrogens is 460 g/mol. The van der Waals surface area contributed by atoms with Crippen LogP contribution in [0.2, 0.25) is 0 Å². The summed E-state index contributed by atoms with van der Waals surface area (Å²) < 4.78 is 5.66. The van der Waals surface area contributed by atoms with Gasteiger partial charge < -0.3 is 9.84 Å². The van der Waals surface area contributed by atoms with Crippen LogP contribution in [0.5, 0.6) is 5.75 Å². The van der Waals surface area contributed by atoms with E-state index in [4.69, 9.17) is 17.0 Å². The quantitative estimate of drug-likeness (QED) is 0.323. The Morgan fingerprint density at radius 3 is 1.76 bits per heavy atom. The first-order valence-corrected chi connectivity index (χ1v) is 13.1. The van der Waals surface area contributed by atoms with Gasteiger partial charge in [-0.1, -0.05) is 91.1 Å². The van der Waals surface area contributed by atoms with E-state index in [1.54, 1.807) is 36.4 Å². The Balaban J connectivity index is 0.000000534. The predicted molar refractivity (Wildman–Crippen MR) is 153 cm³/mol. The van der Waals surface area contributed by atoms with Gasteiger partial charge in [0.05, 0.1) is 6.61 Å². The van der Waals surface area contributed by atoms with E-state index in [0.717, 1.165) is 24.0 Å². The highest BCUT2D eigenvalue weighted by atomic mass is 32.1. The maximum Gasteiger partial charge on any atom is 0.216 e. The van der Waals surface area contributed by atoms with Gasteiger partial charge in [0.25, 0.3) is 0 Å². The lowest BCUT2D eigenvalue weighted by atomic mass is 9.90. The Hall–Kier alpha value is -1.85. The zero-order valence-corrected chi connectivity index (χ0v) is 23.5. The number of ether oxygens (including phenoxy) is 1. The summed E-state index contributed by atoms with van der Waals surface area (Å²) in [4.78, 5) is 10.5. The summed E-state index contributed by atoms with van der Waals surface area (Å²) in [6.07, 6.45) is 6.52. The highest BCUT2D eigenvalue weighted by molar-refractivity contribution is 7.97. The SMILES string of the molecule is CC(C)C.CC(C)C.O=C(S)c1ccccc1.Oc1ccc(C(=S)OCC2CCCCC2)cc1. The van der Waals surface area contributed by atoms with Crippen LogP contribution in [0.15, 0.2) is 54.6 Å². The van der Waals surface area contributed by atoms with Gasteiger partial charge in [-0.15, -0.1) is 12.6 Å². The van der Waals surface area contributed by atoms with E-state index < -0.39 is 0 Å². The Morgan fingerprint density at radius 2 is 1.35 bits per heavy atom. The third kappa shape index (κ3) is 18.6. The lowest BCUT2D eigenvalue weighted by Crippen LogP contribution is -2.16. The maximum atomic E-state index is 10.5. The minimum absolute atomic E-state index is 0.185. The van der Waals surface area contributed by atoms with Crippen molar-refractivity contribution < 1.29 is 14.6 Å². The van der Waals surface area contributed by atoms with Crippen LogP contribution in [0, 0.1) is 17.8 Å². The van der Waals surface area contributed by atoms with E-state index in [1.807, 2.05) is 18.2 Å². The molecule has 3 nitrogen and oxygen atoms in total. The fourth-order valence-corrected chi connectivity index (χ4v) is 3.16. The average Bonchev–Trinajstić information content (AvgIpc) is 2.79. The highest BCUT2D eigenvalue weighted by Crippen LogP contribution is 2.24. The molecule has 1 saturated carbocycles. The Labute approximate surface area is 218 Å². The van der Waals surface area contributed by atoms with Crippen molar-refractivity contribution in [1.29, 1.82) is 0 Å². The summed E-state index contributed by atoms with van der Waals surface area (Å²) in [6, 6.07) is 15.8. The molecule has 0 radical (unpaired) electrons. The van der Waals surface area contributed by atoms with E-state index in [1.165, 1.54) is 32.1 Å². The molecular formula is C29H44O3S2. The average molecular weight is 505 g/mol. The number of thiol groups is 1. The monoisotopic (exact) mass is 504 g/mol. The molecule has 190 valence electrons. The van der Waals surface area contributed by atoms with Crippen molar-refractivity contribution in [2.45, 2.75) is 73.6 Å². The van der Waals surface area contributed by atoms with Crippen LogP contribution < -0.4 is 0 Å². The number of phenolic OH excluding ortho intramolecular Hbond substituents is 1. The summed E-state index contributed by atoms with van der Waals surface area (Å²) in [5.74, 6) is 2.59. The number of benzene rings is 2. The minimum atomic E-state index is -0.185. The largest absolute Gasteiger partial charge is 0.508 e. The second-order valence-electron chi connectivity index (χ2n) is 9.78. The molecule has 3 rings (SSSR count). The predicted octanol–water partition coefficient (Wildman–Crippen LogP) is 8.75. The van der Waals surface area contributed by atoms with Crippen molar-refractivity contribution >= 4 is 35.0 Å². The number of hydrogen-bond acceptors (Lipinski definition) is 4. The lowest BCUT2D eigenvalue weighted by molar-refractivity contribution is 0.109. The van der Waals surface area contributed by atoms with Crippen LogP contribution in [0.1, 0.15) is 89.6 Å². The molecule has 1 fully saturated rings. The Morgan fingerprint density at radius 1 is 0.882 bits per heavy atom. The zero-order chi connectivity index (χ0) is 25.9. The Kier molecular flexibility index (Phi) is 18.4. The summed E-state index contributed by atoms with van der Waals surface area (Å²) in [7, 11) is 0. The Bertz CT molecular complexity index is 769. The van der Waals surface area contributed by atoms with Gasteiger partial charge in [0, 0.05) is 11.1 Å². The first-order chi connectivity index (χ1) is 16.0. The molecule has 5 heteroatoms. The number of aromatic hydroxyl groups is 1. The van der Waals surface area contributed by atoms with E-state index in [0.29, 0.717) is 16.5 Å². The van der Waals surface area contributed by atoms with Crippen LogP contribution in [-0.4, -0.2) is 21.9 Å². The molecule has 0 aromatic heterocycles. The third-order valence-electron chi connectivity index (χ3n) is 4.30. The van der Waals surface area contributed by atoms with Crippen molar-refractivity contribution in [1.82, 2.24) is 0 Å². The molecule has 0 heterocycles. The maximum absolute atomic E-state index is 10.5. The van der Waals surface area contributed by atoms with Crippen LogP contribution in [0.25, 0.3) is 0 Å². The van der Waals surface area contributed by atoms with Gasteiger partial charge in [-0.2, -0.15) is 0 Å². The second kappa shape index (κ2) is 19.5. The van der Waals surface area contributed by atoms with Crippen molar-refractivity contribution in [2.75, 3.05) is 6.61 Å². The molecule has 2 aromatic rings. The minimum Gasteiger partial charge on any atom is -0.508 e. The summed E-state index contributed by atoms with van der Waals surface area (Å²) in [5, 5.41) is 9.54. The highest BCUT2D eigenvalue weighted by Gasteiger charge is 2.14. The number of carbonyl (C=O) groups excluding carboxylic acids is 1. The van der Waals surface area contributed by atoms with Gasteiger partial charge in [0.2, 0.25) is 5.12 Å². The van der Waals surface area contributed by atoms with E-state index in [2.05, 4.69) is 54.2 Å². The molecule has 0 atom stereocenters. The second-order valence-corrected chi connectivity index (χ2v) is 10.6. The molecule has 1 N–H and O–H groups in total. The standard InChI is InChI=1S/C14H18O2S.C7H6OS.2C4H10/c15-13-8-6-12(7-9-13)14(17)16-10-11-4-2-1-3-5-11;8-7(9)6-4-2-1-3-5-6;2*1-4(2)3/h6-9,11,15H,1-5,10H2;1-5H,(H,8,9);2*4H,1-3H3. The fourth-order valence-electron chi connectivity index (χ4n) is 2.81. The molecule has 0 saturated heterocycles. The normalized spacial score (nSPS) is 12.9. The first kappa shape index (κ1) is 32.1.